The molecule has 76 heavy (non-hydrogen) atoms. The van der Waals surface area contributed by atoms with Crippen LogP contribution in [0.1, 0.15) is 95.0 Å². The Labute approximate surface area is 440 Å². The van der Waals surface area contributed by atoms with Gasteiger partial charge in [0.15, 0.2) is 5.76 Å². The van der Waals surface area contributed by atoms with Crippen molar-refractivity contribution < 1.29 is 67.7 Å². The highest BCUT2D eigenvalue weighted by Gasteiger charge is 2.61. The molecule has 27 nitrogen and oxygen atoms in total. The monoisotopic (exact) mass is 1070 g/mol. The van der Waals surface area contributed by atoms with Crippen molar-refractivity contribution in [1.82, 2.24) is 52.9 Å². The fourth-order valence-corrected chi connectivity index (χ4v) is 8.32. The average molecular weight is 1070 g/mol. The van der Waals surface area contributed by atoms with Crippen LogP contribution in [0.25, 0.3) is 0 Å². The van der Waals surface area contributed by atoms with E-state index < -0.39 is 133 Å². The molecule has 2 aliphatic rings. The summed E-state index contributed by atoms with van der Waals surface area (Å²) in [7, 11) is 0. The van der Waals surface area contributed by atoms with Gasteiger partial charge in [0.05, 0.1) is 12.1 Å². The number of aliphatic hydroxyl groups excluding tert-OH is 2. The van der Waals surface area contributed by atoms with Gasteiger partial charge in [-0.25, -0.2) is 9.90 Å². The van der Waals surface area contributed by atoms with E-state index in [1.54, 1.807) is 50.2 Å². The van der Waals surface area contributed by atoms with E-state index >= 15 is 0 Å². The van der Waals surface area contributed by atoms with Gasteiger partial charge in [0.1, 0.15) is 42.1 Å². The minimum atomic E-state index is -2.80. The number of aryl methyl sites for hydroxylation is 1. The van der Waals surface area contributed by atoms with Crippen molar-refractivity contribution in [3.05, 3.63) is 59.5 Å². The maximum atomic E-state index is 14.4. The number of furan rings is 1. The second-order valence-corrected chi connectivity index (χ2v) is 19.2. The molecular weight excluding hydrogens is 995 g/mol. The highest BCUT2D eigenvalue weighted by atomic mass is 16.8. The number of nitrogens with one attached hydrogen (secondary N) is 9. The summed E-state index contributed by atoms with van der Waals surface area (Å²) >= 11 is 0. The third-order valence-corrected chi connectivity index (χ3v) is 12.7. The van der Waals surface area contributed by atoms with Gasteiger partial charge in [-0.15, -0.1) is 0 Å². The Morgan fingerprint density at radius 2 is 1.30 bits per heavy atom. The van der Waals surface area contributed by atoms with Crippen molar-refractivity contribution in [1.29, 1.82) is 0 Å². The number of nitrogens with two attached hydrogens (primary N) is 3. The molecule has 0 bridgehead atoms. The predicted molar refractivity (Wildman–Crippen MR) is 272 cm³/mol. The number of benzene rings is 1. The number of nitrogens with zero attached hydrogens (tertiary/aromatic N) is 1. The molecule has 0 unspecified atom stereocenters. The summed E-state index contributed by atoms with van der Waals surface area (Å²) in [6.07, 6.45) is -2.65. The molecule has 2 saturated heterocycles. The first kappa shape index (κ1) is 62.0. The maximum Gasteiger partial charge on any atom is 0.305 e. The second-order valence-electron chi connectivity index (χ2n) is 19.2. The van der Waals surface area contributed by atoms with E-state index in [1.165, 1.54) is 19.9 Å². The van der Waals surface area contributed by atoms with E-state index in [-0.39, 0.29) is 76.4 Å². The van der Waals surface area contributed by atoms with Crippen LogP contribution in [0.15, 0.2) is 46.9 Å². The molecule has 1 aromatic heterocycles. The molecule has 18 N–H and O–H groups in total. The van der Waals surface area contributed by atoms with E-state index in [9.17, 15) is 58.5 Å². The molecule has 0 saturated carbocycles. The van der Waals surface area contributed by atoms with E-state index in [0.717, 1.165) is 5.06 Å². The molecule has 4 rings (SSSR count). The zero-order chi connectivity index (χ0) is 56.3. The summed E-state index contributed by atoms with van der Waals surface area (Å²) in [5, 5.41) is 56.2. The first-order valence-corrected chi connectivity index (χ1v) is 25.5. The van der Waals surface area contributed by atoms with Gasteiger partial charge in [0.2, 0.25) is 41.2 Å². The number of aliphatic hydroxyl groups is 3. The number of hydrogen-bond donors (Lipinski definition) is 15. The summed E-state index contributed by atoms with van der Waals surface area (Å²) in [6.45, 7) is 6.26. The van der Waals surface area contributed by atoms with Gasteiger partial charge in [-0.2, -0.15) is 0 Å². The Hall–Kier alpha value is -6.59. The molecule has 27 heteroatoms. The Kier molecular flexibility index (Phi) is 23.7. The SMILES string of the molecule is CCc1ccc(C(=O)N[C@@]2([C@@H](C)O)ON([C@H](C)CN[C@H]3CCNC(=O)[C@@](O)(CCO)NC(=O)[C@H](CCN)NC(=O)[C@H](CCN)NC(=O)[C@H](CC(C)C)NC(=O)[C@@H](Cc4ccccc4)NC(=O)[C@H](CCN)NC3=O)C2=O)o1. The Balaban J connectivity index is 1.71. The summed E-state index contributed by atoms with van der Waals surface area (Å²) < 4.78 is 5.49. The number of carbonyl (C=O) groups excluding carboxylic acids is 9. The topological polar surface area (TPSA) is 426 Å². The molecule has 3 heterocycles. The molecule has 0 radical (unpaired) electrons. The zero-order valence-electron chi connectivity index (χ0n) is 43.6. The lowest BCUT2D eigenvalue weighted by molar-refractivity contribution is -0.343. The van der Waals surface area contributed by atoms with E-state index in [0.29, 0.717) is 17.7 Å². The van der Waals surface area contributed by atoms with E-state index in [1.807, 2.05) is 6.92 Å². The molecule has 10 atom stereocenters. The zero-order valence-corrected chi connectivity index (χ0v) is 43.6. The van der Waals surface area contributed by atoms with Crippen molar-refractivity contribution in [2.45, 2.75) is 146 Å². The normalized spacial score (nSPS) is 26.7. The average Bonchev–Trinajstić information content (AvgIpc) is 3.87. The van der Waals surface area contributed by atoms with Crippen LogP contribution in [0.3, 0.4) is 0 Å². The van der Waals surface area contributed by atoms with Crippen LogP contribution in [-0.4, -0.2) is 173 Å². The third kappa shape index (κ3) is 16.7. The van der Waals surface area contributed by atoms with Crippen LogP contribution in [0.5, 0.6) is 0 Å². The van der Waals surface area contributed by atoms with Gasteiger partial charge in [0, 0.05) is 39.0 Å². The quantitative estimate of drug-likeness (QED) is 0.0592. The van der Waals surface area contributed by atoms with E-state index in [4.69, 9.17) is 26.5 Å². The fraction of sp³-hybridized carbons (Fsp3) is 0.612. The lowest BCUT2D eigenvalue weighted by atomic mass is 10.00. The van der Waals surface area contributed by atoms with Gasteiger partial charge in [0.25, 0.3) is 17.5 Å². The molecule has 9 amide bonds. The van der Waals surface area contributed by atoms with E-state index in [2.05, 4.69) is 47.9 Å². The highest BCUT2D eigenvalue weighted by Crippen LogP contribution is 2.31. The van der Waals surface area contributed by atoms with Crippen LogP contribution < -0.4 is 65.1 Å². The Morgan fingerprint density at radius 3 is 1.83 bits per heavy atom. The lowest BCUT2D eigenvalue weighted by Gasteiger charge is -2.50. The molecule has 2 aliphatic heterocycles. The standard InChI is InChI=1S/C49H77N13O14/c1-6-31-12-13-38(75-31)45(71)61-49(29(5)64)47(73)62(76-49)28(4)26-54-32-17-22-53-46(72)48(74,18-23-63)60-44(70)35(16-21-52)57-40(66)33(14-19-50)56-42(68)36(24-27(2)3)58-43(69)37(25-30-10-8-7-9-11-30)59-41(67)34(15-20-51)55-39(32)65/h7-13,27-29,32-37,54,63-64,74H,6,14-26,50-52H2,1-5H3,(H,53,72)(H,55,65)(H,56,68)(H,57,66)(H,58,69)(H,59,67)(H,60,70)(H,61,71)/t28-,29-,32+,33+,34+,35+,36+,37-,48+,49+/m1/s1. The predicted octanol–water partition coefficient (Wildman–Crippen LogP) is -4.76. The van der Waals surface area contributed by atoms with Gasteiger partial charge < -0.3 is 84.8 Å². The van der Waals surface area contributed by atoms with Crippen molar-refractivity contribution in [3.8, 4) is 0 Å². The molecule has 2 aromatic rings. The number of rotatable bonds is 20. The first-order valence-electron chi connectivity index (χ1n) is 25.5. The first-order chi connectivity index (χ1) is 36.1. The van der Waals surface area contributed by atoms with Crippen LogP contribution in [0.2, 0.25) is 0 Å². The summed E-state index contributed by atoms with van der Waals surface area (Å²) in [4.78, 5) is 131. The van der Waals surface area contributed by atoms with Gasteiger partial charge >= 0.3 is 5.91 Å². The fourth-order valence-electron chi connectivity index (χ4n) is 8.32. The third-order valence-electron chi connectivity index (χ3n) is 12.7. The molecule has 422 valence electrons. The largest absolute Gasteiger partial charge is 0.456 e. The number of amides is 9. The molecule has 1 aromatic carbocycles. The van der Waals surface area contributed by atoms with Crippen molar-refractivity contribution in [2.24, 2.45) is 23.1 Å². The molecule has 2 fully saturated rings. The number of carbonyl (C=O) groups is 9. The Morgan fingerprint density at radius 1 is 0.763 bits per heavy atom. The van der Waals surface area contributed by atoms with Gasteiger partial charge in [-0.05, 0) is 89.2 Å². The van der Waals surface area contributed by atoms with Crippen LogP contribution >= 0.6 is 0 Å². The van der Waals surface area contributed by atoms with Crippen molar-refractivity contribution in [3.63, 3.8) is 0 Å². The molecule has 0 spiro atoms. The highest BCUT2D eigenvalue weighted by molar-refractivity contribution is 5.99. The van der Waals surface area contributed by atoms with Crippen LogP contribution in [0, 0.1) is 5.92 Å². The number of hydrogen-bond acceptors (Lipinski definition) is 18. The van der Waals surface area contributed by atoms with Crippen molar-refractivity contribution >= 4 is 53.2 Å². The van der Waals surface area contributed by atoms with Crippen molar-refractivity contribution in [2.75, 3.05) is 39.3 Å². The molecule has 0 aliphatic carbocycles. The minimum Gasteiger partial charge on any atom is -0.456 e. The van der Waals surface area contributed by atoms with Gasteiger partial charge in [-0.3, -0.25) is 43.2 Å². The Bertz CT molecular complexity index is 2320. The lowest BCUT2D eigenvalue weighted by Crippen LogP contribution is -2.78. The summed E-state index contributed by atoms with van der Waals surface area (Å²) in [5.74, 6) is -8.01. The summed E-state index contributed by atoms with van der Waals surface area (Å²) in [5.41, 5.74) is 13.2. The van der Waals surface area contributed by atoms with Crippen LogP contribution in [-0.2, 0) is 56.0 Å². The van der Waals surface area contributed by atoms with Crippen LogP contribution in [0.4, 0.5) is 0 Å². The summed E-state index contributed by atoms with van der Waals surface area (Å²) in [6, 6.07) is 2.48. The number of hydroxylamine groups is 2. The second kappa shape index (κ2) is 29.1. The molecular formula is C49H77N13O14. The minimum absolute atomic E-state index is 0.0603. The smallest absolute Gasteiger partial charge is 0.305 e. The maximum absolute atomic E-state index is 14.4. The van der Waals surface area contributed by atoms with Gasteiger partial charge in [-0.1, -0.05) is 51.1 Å².